The fourth-order valence-electron chi connectivity index (χ4n) is 2.15. The normalized spacial score (nSPS) is 10.5. The summed E-state index contributed by atoms with van der Waals surface area (Å²) in [7, 11) is 0. The molecule has 0 aliphatic carbocycles. The molecule has 0 saturated carbocycles. The lowest BCUT2D eigenvalue weighted by molar-refractivity contribution is -0.139. The van der Waals surface area contributed by atoms with Crippen LogP contribution in [0.4, 0.5) is 5.82 Å². The lowest BCUT2D eigenvalue weighted by Gasteiger charge is -2.03. The van der Waals surface area contributed by atoms with Gasteiger partial charge in [0.1, 0.15) is 0 Å². The van der Waals surface area contributed by atoms with E-state index in [2.05, 4.69) is 19.9 Å². The summed E-state index contributed by atoms with van der Waals surface area (Å²) in [6, 6.07) is 9.19. The van der Waals surface area contributed by atoms with Gasteiger partial charge in [0, 0.05) is 17.6 Å². The minimum absolute atomic E-state index is 0.143. The monoisotopic (exact) mass is 339 g/mol. The van der Waals surface area contributed by atoms with E-state index < -0.39 is 0 Å². The number of hydrogen-bond donors (Lipinski definition) is 0. The van der Waals surface area contributed by atoms with E-state index in [9.17, 15) is 4.79 Å². The van der Waals surface area contributed by atoms with Crippen molar-refractivity contribution in [2.24, 2.45) is 0 Å². The van der Waals surface area contributed by atoms with Crippen molar-refractivity contribution in [1.82, 2.24) is 19.7 Å². The Labute approximate surface area is 142 Å². The molecule has 1 aromatic carbocycles. The van der Waals surface area contributed by atoms with E-state index in [1.807, 2.05) is 24.3 Å². The van der Waals surface area contributed by atoms with Crippen LogP contribution in [0.3, 0.4) is 0 Å². The second-order valence-corrected chi connectivity index (χ2v) is 5.60. The molecule has 0 radical (unpaired) electrons. The lowest BCUT2D eigenvalue weighted by atomic mass is 10.2. The van der Waals surface area contributed by atoms with Gasteiger partial charge in [-0.3, -0.25) is 4.79 Å². The molecule has 8 heteroatoms. The predicted octanol–water partition coefficient (Wildman–Crippen LogP) is 3.02. The van der Waals surface area contributed by atoms with Crippen LogP contribution < -0.4 is 0 Å². The molecule has 0 aliphatic rings. The van der Waals surface area contributed by atoms with Crippen molar-refractivity contribution in [3.05, 3.63) is 47.9 Å². The second-order valence-electron chi connectivity index (χ2n) is 4.66. The summed E-state index contributed by atoms with van der Waals surface area (Å²) in [6.07, 6.45) is 1.60. The Bertz CT molecular complexity index is 932. The van der Waals surface area contributed by atoms with Gasteiger partial charge in [-0.25, -0.2) is 9.97 Å². The van der Waals surface area contributed by atoms with E-state index >= 15 is 0 Å². The third-order valence-corrected chi connectivity index (χ3v) is 3.97. The van der Waals surface area contributed by atoms with Crippen LogP contribution in [-0.2, 0) is 9.53 Å². The SMILES string of the molecule is [C-]#[N+]c1nn(-c2ccnc(SCC(=O)OCC)n2)c2ccccc12. The van der Waals surface area contributed by atoms with Gasteiger partial charge in [-0.1, -0.05) is 36.5 Å². The minimum atomic E-state index is -0.309. The summed E-state index contributed by atoms with van der Waals surface area (Å²) in [4.78, 5) is 23.5. The predicted molar refractivity (Wildman–Crippen MR) is 90.3 cm³/mol. The first-order valence-electron chi connectivity index (χ1n) is 7.20. The Morgan fingerprint density at radius 1 is 1.38 bits per heavy atom. The number of benzene rings is 1. The van der Waals surface area contributed by atoms with E-state index in [4.69, 9.17) is 11.3 Å². The van der Waals surface area contributed by atoms with Crippen molar-refractivity contribution >= 4 is 34.5 Å². The smallest absolute Gasteiger partial charge is 0.316 e. The number of rotatable bonds is 5. The lowest BCUT2D eigenvalue weighted by Crippen LogP contribution is -2.07. The summed E-state index contributed by atoms with van der Waals surface area (Å²) in [6.45, 7) is 9.36. The van der Waals surface area contributed by atoms with Gasteiger partial charge in [-0.05, 0) is 18.1 Å². The molecule has 0 unspecified atom stereocenters. The fourth-order valence-corrected chi connectivity index (χ4v) is 2.78. The number of hydrogen-bond acceptors (Lipinski definition) is 6. The van der Waals surface area contributed by atoms with Gasteiger partial charge >= 0.3 is 11.8 Å². The van der Waals surface area contributed by atoms with Gasteiger partial charge in [0.15, 0.2) is 11.0 Å². The zero-order valence-corrected chi connectivity index (χ0v) is 13.7. The van der Waals surface area contributed by atoms with E-state index in [1.165, 1.54) is 11.8 Å². The fraction of sp³-hybridized carbons (Fsp3) is 0.188. The Hall–Kier alpha value is -2.92. The number of nitrogens with zero attached hydrogens (tertiary/aromatic N) is 5. The van der Waals surface area contributed by atoms with Crippen LogP contribution in [0.25, 0.3) is 21.6 Å². The first-order valence-corrected chi connectivity index (χ1v) is 8.18. The highest BCUT2D eigenvalue weighted by molar-refractivity contribution is 7.99. The molecule has 0 N–H and O–H groups in total. The average Bonchev–Trinajstić information content (AvgIpc) is 2.99. The maximum atomic E-state index is 11.4. The Balaban J connectivity index is 1.92. The van der Waals surface area contributed by atoms with E-state index in [0.717, 1.165) is 10.9 Å². The van der Waals surface area contributed by atoms with Crippen LogP contribution >= 0.6 is 11.8 Å². The molecule has 2 heterocycles. The molecule has 7 nitrogen and oxygen atoms in total. The van der Waals surface area contributed by atoms with Crippen LogP contribution in [0.1, 0.15) is 6.92 Å². The van der Waals surface area contributed by atoms with Gasteiger partial charge in [-0.2, -0.15) is 0 Å². The van der Waals surface area contributed by atoms with Crippen LogP contribution in [-0.4, -0.2) is 38.1 Å². The third kappa shape index (κ3) is 3.21. The average molecular weight is 339 g/mol. The largest absolute Gasteiger partial charge is 0.465 e. The van der Waals surface area contributed by atoms with Crippen LogP contribution in [0.15, 0.2) is 41.7 Å². The number of carbonyl (C=O) groups excluding carboxylic acids is 1. The molecule has 24 heavy (non-hydrogen) atoms. The molecule has 0 spiro atoms. The van der Waals surface area contributed by atoms with Crippen molar-refractivity contribution in [3.8, 4) is 5.82 Å². The zero-order chi connectivity index (χ0) is 16.9. The summed E-state index contributed by atoms with van der Waals surface area (Å²) >= 11 is 1.20. The van der Waals surface area contributed by atoms with Gasteiger partial charge in [0.25, 0.3) is 0 Å². The highest BCUT2D eigenvalue weighted by Gasteiger charge is 2.15. The molecule has 0 bridgehead atoms. The minimum Gasteiger partial charge on any atom is -0.465 e. The van der Waals surface area contributed by atoms with Crippen molar-refractivity contribution in [1.29, 1.82) is 0 Å². The first-order chi connectivity index (χ1) is 11.7. The molecule has 2 aromatic heterocycles. The topological polar surface area (TPSA) is 74.3 Å². The van der Waals surface area contributed by atoms with Gasteiger partial charge in [-0.15, -0.1) is 4.68 Å². The Morgan fingerprint density at radius 2 is 2.21 bits per heavy atom. The van der Waals surface area contributed by atoms with Gasteiger partial charge in [0.05, 0.1) is 17.9 Å². The maximum absolute atomic E-state index is 11.4. The van der Waals surface area contributed by atoms with Crippen molar-refractivity contribution in [3.63, 3.8) is 0 Å². The molecule has 120 valence electrons. The third-order valence-electron chi connectivity index (χ3n) is 3.13. The maximum Gasteiger partial charge on any atom is 0.316 e. The second kappa shape index (κ2) is 7.10. The summed E-state index contributed by atoms with van der Waals surface area (Å²) < 4.78 is 6.50. The highest BCUT2D eigenvalue weighted by Crippen LogP contribution is 2.27. The quantitative estimate of drug-likeness (QED) is 0.308. The van der Waals surface area contributed by atoms with Crippen LogP contribution in [0.5, 0.6) is 0 Å². The molecule has 0 aliphatic heterocycles. The molecule has 3 aromatic rings. The van der Waals surface area contributed by atoms with E-state index in [1.54, 1.807) is 23.9 Å². The number of para-hydroxylation sites is 1. The number of esters is 1. The van der Waals surface area contributed by atoms with Crippen LogP contribution in [0, 0.1) is 6.57 Å². The molecular formula is C16H13N5O2S. The summed E-state index contributed by atoms with van der Waals surface area (Å²) in [5.41, 5.74) is 0.795. The van der Waals surface area contributed by atoms with Crippen molar-refractivity contribution in [2.75, 3.05) is 12.4 Å². The number of aromatic nitrogens is 4. The Morgan fingerprint density at radius 3 is 3.00 bits per heavy atom. The number of carbonyl (C=O) groups is 1. The van der Waals surface area contributed by atoms with Crippen molar-refractivity contribution < 1.29 is 9.53 Å². The number of ether oxygens (including phenoxy) is 1. The summed E-state index contributed by atoms with van der Waals surface area (Å²) in [5, 5.41) is 5.53. The van der Waals surface area contributed by atoms with Crippen molar-refractivity contribution in [2.45, 2.75) is 12.1 Å². The standard InChI is InChI=1S/C16H13N5O2S/c1-3-23-14(22)10-24-16-18-9-8-13(19-16)21-12-7-5-4-6-11(12)15(17-2)20-21/h4-9H,3,10H2,1H3. The molecule has 3 rings (SSSR count). The van der Waals surface area contributed by atoms with E-state index in [-0.39, 0.29) is 11.7 Å². The number of thioether (sulfide) groups is 1. The molecule has 0 fully saturated rings. The molecule has 0 atom stereocenters. The molecule has 0 saturated heterocycles. The molecule has 0 amide bonds. The van der Waals surface area contributed by atoms with Crippen LogP contribution in [0.2, 0.25) is 0 Å². The number of fused-ring (bicyclic) bond motifs is 1. The van der Waals surface area contributed by atoms with Gasteiger partial charge in [0.2, 0.25) is 0 Å². The zero-order valence-electron chi connectivity index (χ0n) is 12.8. The first kappa shape index (κ1) is 16.0. The highest BCUT2D eigenvalue weighted by atomic mass is 32.2. The molecular weight excluding hydrogens is 326 g/mol. The Kier molecular flexibility index (Phi) is 4.72. The summed E-state index contributed by atoms with van der Waals surface area (Å²) in [5.74, 6) is 0.702. The van der Waals surface area contributed by atoms with E-state index in [0.29, 0.717) is 23.4 Å². The van der Waals surface area contributed by atoms with Gasteiger partial charge < -0.3 is 9.58 Å².